The molecule has 0 N–H and O–H groups in total. The SMILES string of the molecule is COc1ccc(OCCn2ccc3c(OCc4ccccc4)cccc32)cc1. The molecule has 28 heavy (non-hydrogen) atoms. The van der Waals surface area contributed by atoms with E-state index in [2.05, 4.69) is 35.0 Å². The van der Waals surface area contributed by atoms with Gasteiger partial charge in [-0.15, -0.1) is 0 Å². The van der Waals surface area contributed by atoms with Gasteiger partial charge < -0.3 is 18.8 Å². The molecule has 3 aromatic carbocycles. The van der Waals surface area contributed by atoms with Crippen molar-refractivity contribution < 1.29 is 14.2 Å². The first-order valence-electron chi connectivity index (χ1n) is 9.35. The van der Waals surface area contributed by atoms with E-state index in [-0.39, 0.29) is 0 Å². The average Bonchev–Trinajstić information content (AvgIpc) is 3.17. The molecule has 0 bridgehead atoms. The molecule has 0 aliphatic heterocycles. The van der Waals surface area contributed by atoms with Gasteiger partial charge in [-0.3, -0.25) is 0 Å². The fourth-order valence-electron chi connectivity index (χ4n) is 3.19. The molecule has 0 spiro atoms. The van der Waals surface area contributed by atoms with E-state index < -0.39 is 0 Å². The molecule has 142 valence electrons. The highest BCUT2D eigenvalue weighted by Gasteiger charge is 2.07. The Labute approximate surface area is 164 Å². The van der Waals surface area contributed by atoms with Crippen molar-refractivity contribution in [2.75, 3.05) is 13.7 Å². The van der Waals surface area contributed by atoms with Crippen molar-refractivity contribution in [3.63, 3.8) is 0 Å². The third-order valence-electron chi connectivity index (χ3n) is 4.67. The van der Waals surface area contributed by atoms with E-state index >= 15 is 0 Å². The van der Waals surface area contributed by atoms with Gasteiger partial charge in [0.05, 0.1) is 19.2 Å². The Bertz CT molecular complexity index is 1020. The molecule has 4 aromatic rings. The van der Waals surface area contributed by atoms with E-state index in [1.165, 1.54) is 0 Å². The maximum atomic E-state index is 6.06. The fourth-order valence-corrected chi connectivity index (χ4v) is 3.19. The highest BCUT2D eigenvalue weighted by molar-refractivity contribution is 5.86. The molecule has 0 unspecified atom stereocenters. The van der Waals surface area contributed by atoms with E-state index in [4.69, 9.17) is 14.2 Å². The van der Waals surface area contributed by atoms with Gasteiger partial charge in [0.1, 0.15) is 30.5 Å². The number of nitrogens with zero attached hydrogens (tertiary/aromatic N) is 1. The van der Waals surface area contributed by atoms with Crippen LogP contribution in [0.25, 0.3) is 10.9 Å². The summed E-state index contributed by atoms with van der Waals surface area (Å²) in [7, 11) is 1.66. The summed E-state index contributed by atoms with van der Waals surface area (Å²) in [5, 5.41) is 1.11. The molecule has 0 saturated heterocycles. The first-order valence-corrected chi connectivity index (χ1v) is 9.35. The van der Waals surface area contributed by atoms with Gasteiger partial charge in [-0.05, 0) is 48.0 Å². The quantitative estimate of drug-likeness (QED) is 0.420. The maximum Gasteiger partial charge on any atom is 0.129 e. The lowest BCUT2D eigenvalue weighted by Gasteiger charge is -2.10. The fraction of sp³-hybridized carbons (Fsp3) is 0.167. The third kappa shape index (κ3) is 4.12. The molecule has 0 aliphatic carbocycles. The highest BCUT2D eigenvalue weighted by atomic mass is 16.5. The summed E-state index contributed by atoms with van der Waals surface area (Å²) in [6.07, 6.45) is 2.08. The van der Waals surface area contributed by atoms with Crippen LogP contribution in [0.4, 0.5) is 0 Å². The van der Waals surface area contributed by atoms with Crippen LogP contribution in [-0.4, -0.2) is 18.3 Å². The zero-order valence-electron chi connectivity index (χ0n) is 15.9. The van der Waals surface area contributed by atoms with E-state index in [9.17, 15) is 0 Å². The predicted octanol–water partition coefficient (Wildman–Crippen LogP) is 5.31. The van der Waals surface area contributed by atoms with Gasteiger partial charge in [-0.1, -0.05) is 36.4 Å². The zero-order valence-corrected chi connectivity index (χ0v) is 15.9. The predicted molar refractivity (Wildman–Crippen MR) is 111 cm³/mol. The topological polar surface area (TPSA) is 32.6 Å². The first kappa shape index (κ1) is 18.0. The van der Waals surface area contributed by atoms with Crippen LogP contribution in [0.1, 0.15) is 5.56 Å². The largest absolute Gasteiger partial charge is 0.497 e. The molecule has 0 atom stereocenters. The second-order valence-electron chi connectivity index (χ2n) is 6.50. The number of rotatable bonds is 8. The Morgan fingerprint density at radius 3 is 2.32 bits per heavy atom. The Hall–Kier alpha value is -3.40. The van der Waals surface area contributed by atoms with Gasteiger partial charge in [-0.2, -0.15) is 0 Å². The second-order valence-corrected chi connectivity index (χ2v) is 6.50. The van der Waals surface area contributed by atoms with Crippen molar-refractivity contribution in [3.05, 3.63) is 90.6 Å². The molecule has 4 nitrogen and oxygen atoms in total. The minimum Gasteiger partial charge on any atom is -0.497 e. The Morgan fingerprint density at radius 1 is 0.750 bits per heavy atom. The monoisotopic (exact) mass is 373 g/mol. The summed E-state index contributed by atoms with van der Waals surface area (Å²) in [6.45, 7) is 1.91. The number of benzene rings is 3. The molecule has 1 heterocycles. The molecule has 0 fully saturated rings. The van der Waals surface area contributed by atoms with Gasteiger partial charge in [0.25, 0.3) is 0 Å². The summed E-state index contributed by atoms with van der Waals surface area (Å²) in [6, 6.07) is 26.1. The first-order chi connectivity index (χ1) is 13.8. The standard InChI is InChI=1S/C24H23NO3/c1-26-20-10-12-21(13-11-20)27-17-16-25-15-14-22-23(25)8-5-9-24(22)28-18-19-6-3-2-4-7-19/h2-15H,16-18H2,1H3. The summed E-state index contributed by atoms with van der Waals surface area (Å²) in [5.41, 5.74) is 2.30. The van der Waals surface area contributed by atoms with Crippen LogP contribution in [0.3, 0.4) is 0 Å². The van der Waals surface area contributed by atoms with E-state index in [0.717, 1.165) is 40.3 Å². The molecule has 0 aliphatic rings. The minimum absolute atomic E-state index is 0.561. The van der Waals surface area contributed by atoms with Crippen LogP contribution in [0.15, 0.2) is 85.1 Å². The van der Waals surface area contributed by atoms with Crippen molar-refractivity contribution in [3.8, 4) is 17.2 Å². The molecular formula is C24H23NO3. The number of methoxy groups -OCH3 is 1. The van der Waals surface area contributed by atoms with Crippen molar-refractivity contribution in [2.45, 2.75) is 13.2 Å². The van der Waals surface area contributed by atoms with Crippen LogP contribution < -0.4 is 14.2 Å². The Morgan fingerprint density at radius 2 is 1.54 bits per heavy atom. The summed E-state index contributed by atoms with van der Waals surface area (Å²) in [5.74, 6) is 2.56. The number of aromatic nitrogens is 1. The van der Waals surface area contributed by atoms with Gasteiger partial charge in [0.15, 0.2) is 0 Å². The number of hydrogen-bond acceptors (Lipinski definition) is 3. The molecular weight excluding hydrogens is 350 g/mol. The molecule has 4 heteroatoms. The normalized spacial score (nSPS) is 10.8. The second kappa shape index (κ2) is 8.53. The van der Waals surface area contributed by atoms with Crippen molar-refractivity contribution in [2.24, 2.45) is 0 Å². The van der Waals surface area contributed by atoms with Crippen LogP contribution in [0.2, 0.25) is 0 Å². The highest BCUT2D eigenvalue weighted by Crippen LogP contribution is 2.27. The lowest BCUT2D eigenvalue weighted by atomic mass is 10.2. The number of fused-ring (bicyclic) bond motifs is 1. The van der Waals surface area contributed by atoms with Gasteiger partial charge in [0.2, 0.25) is 0 Å². The van der Waals surface area contributed by atoms with Crippen LogP contribution in [-0.2, 0) is 13.2 Å². The van der Waals surface area contributed by atoms with Crippen LogP contribution in [0.5, 0.6) is 17.2 Å². The molecule has 0 amide bonds. The molecule has 0 saturated carbocycles. The van der Waals surface area contributed by atoms with Crippen LogP contribution >= 0.6 is 0 Å². The average molecular weight is 373 g/mol. The van der Waals surface area contributed by atoms with Crippen molar-refractivity contribution >= 4 is 10.9 Å². The van der Waals surface area contributed by atoms with E-state index in [1.54, 1.807) is 7.11 Å². The van der Waals surface area contributed by atoms with E-state index in [1.807, 2.05) is 54.6 Å². The maximum absolute atomic E-state index is 6.06. The van der Waals surface area contributed by atoms with Crippen molar-refractivity contribution in [1.82, 2.24) is 4.57 Å². The van der Waals surface area contributed by atoms with Crippen LogP contribution in [0, 0.1) is 0 Å². The lowest BCUT2D eigenvalue weighted by Crippen LogP contribution is -2.07. The number of ether oxygens (including phenoxy) is 3. The third-order valence-corrected chi connectivity index (χ3v) is 4.67. The molecule has 4 rings (SSSR count). The number of hydrogen-bond donors (Lipinski definition) is 0. The van der Waals surface area contributed by atoms with E-state index in [0.29, 0.717) is 13.2 Å². The Kier molecular flexibility index (Phi) is 5.48. The summed E-state index contributed by atoms with van der Waals surface area (Å²) < 4.78 is 19.3. The zero-order chi connectivity index (χ0) is 19.2. The summed E-state index contributed by atoms with van der Waals surface area (Å²) >= 11 is 0. The van der Waals surface area contributed by atoms with Crippen molar-refractivity contribution in [1.29, 1.82) is 0 Å². The van der Waals surface area contributed by atoms with Gasteiger partial charge in [-0.25, -0.2) is 0 Å². The Balaban J connectivity index is 1.40. The lowest BCUT2D eigenvalue weighted by molar-refractivity contribution is 0.299. The van der Waals surface area contributed by atoms with Gasteiger partial charge in [0, 0.05) is 11.6 Å². The van der Waals surface area contributed by atoms with Gasteiger partial charge >= 0.3 is 0 Å². The molecule has 0 radical (unpaired) electrons. The smallest absolute Gasteiger partial charge is 0.129 e. The summed E-state index contributed by atoms with van der Waals surface area (Å²) in [4.78, 5) is 0. The molecule has 1 aromatic heterocycles. The minimum atomic E-state index is 0.561.